The lowest BCUT2D eigenvalue weighted by molar-refractivity contribution is 0.438. The Morgan fingerprint density at radius 2 is 2.00 bits per heavy atom. The largest absolute Gasteiger partial charge is 0.329 e. The molecule has 0 saturated carbocycles. The summed E-state index contributed by atoms with van der Waals surface area (Å²) in [6, 6.07) is 0. The number of hydrogen-bond acceptors (Lipinski definition) is 2. The number of nitrogens with two attached hydrogens (primary N) is 2. The van der Waals surface area contributed by atoms with Gasteiger partial charge in [0.25, 0.3) is 0 Å². The summed E-state index contributed by atoms with van der Waals surface area (Å²) < 4.78 is 0. The van der Waals surface area contributed by atoms with Gasteiger partial charge in [-0.05, 0) is 13.3 Å². The first-order chi connectivity index (χ1) is 3.62. The van der Waals surface area contributed by atoms with E-state index in [2.05, 4.69) is 6.92 Å². The Labute approximate surface area is 51.2 Å². The zero-order valence-corrected chi connectivity index (χ0v) is 5.78. The van der Waals surface area contributed by atoms with E-state index in [1.807, 2.05) is 6.92 Å². The fourth-order valence-electron chi connectivity index (χ4n) is 0.673. The molecule has 0 aromatic carbocycles. The Hall–Kier alpha value is -0.0800. The van der Waals surface area contributed by atoms with Gasteiger partial charge in [-0.15, -0.1) is 0 Å². The lowest BCUT2D eigenvalue weighted by Crippen LogP contribution is -2.43. The molecule has 0 spiro atoms. The third kappa shape index (κ3) is 2.99. The van der Waals surface area contributed by atoms with Crippen molar-refractivity contribution in [2.45, 2.75) is 32.2 Å². The monoisotopic (exact) mass is 116 g/mol. The maximum atomic E-state index is 5.70. The first kappa shape index (κ1) is 7.92. The van der Waals surface area contributed by atoms with Gasteiger partial charge < -0.3 is 11.5 Å². The molecule has 0 unspecified atom stereocenters. The van der Waals surface area contributed by atoms with E-state index in [0.717, 1.165) is 12.8 Å². The van der Waals surface area contributed by atoms with E-state index in [1.165, 1.54) is 0 Å². The molecule has 0 aliphatic carbocycles. The van der Waals surface area contributed by atoms with Gasteiger partial charge in [0.2, 0.25) is 0 Å². The first-order valence-electron chi connectivity index (χ1n) is 3.11. The molecule has 0 radical (unpaired) electrons. The van der Waals surface area contributed by atoms with Crippen LogP contribution in [0, 0.1) is 0 Å². The summed E-state index contributed by atoms with van der Waals surface area (Å²) in [5.41, 5.74) is 10.9. The van der Waals surface area contributed by atoms with Crippen molar-refractivity contribution in [1.29, 1.82) is 0 Å². The van der Waals surface area contributed by atoms with E-state index in [9.17, 15) is 0 Å². The maximum Gasteiger partial charge on any atom is 0.0249 e. The third-order valence-corrected chi connectivity index (χ3v) is 1.29. The fourth-order valence-corrected chi connectivity index (χ4v) is 0.673. The van der Waals surface area contributed by atoms with Crippen LogP contribution < -0.4 is 11.5 Å². The molecule has 0 fully saturated rings. The normalized spacial score (nSPS) is 18.0. The highest BCUT2D eigenvalue weighted by Gasteiger charge is 2.12. The summed E-state index contributed by atoms with van der Waals surface area (Å²) in [6.45, 7) is 4.68. The predicted octanol–water partition coefficient (Wildman–Crippen LogP) is 0.463. The smallest absolute Gasteiger partial charge is 0.0249 e. The summed E-state index contributed by atoms with van der Waals surface area (Å²) in [7, 11) is 0. The van der Waals surface area contributed by atoms with Gasteiger partial charge in [0.15, 0.2) is 0 Å². The predicted molar refractivity (Wildman–Crippen MR) is 36.6 cm³/mol. The van der Waals surface area contributed by atoms with Gasteiger partial charge in [-0.1, -0.05) is 13.3 Å². The van der Waals surface area contributed by atoms with Crippen LogP contribution >= 0.6 is 0 Å². The van der Waals surface area contributed by atoms with Crippen molar-refractivity contribution in [3.63, 3.8) is 0 Å². The van der Waals surface area contributed by atoms with Crippen LogP contribution in [0.5, 0.6) is 0 Å². The Morgan fingerprint density at radius 3 is 2.12 bits per heavy atom. The highest BCUT2D eigenvalue weighted by Crippen LogP contribution is 2.04. The molecule has 0 aliphatic rings. The Balaban J connectivity index is 3.37. The molecule has 4 N–H and O–H groups in total. The Bertz CT molecular complexity index is 59.5. The summed E-state index contributed by atoms with van der Waals surface area (Å²) in [6.07, 6.45) is 2.13. The molecule has 2 heteroatoms. The Kier molecular flexibility index (Phi) is 3.02. The lowest BCUT2D eigenvalue weighted by atomic mass is 9.98. The second kappa shape index (κ2) is 3.05. The summed E-state index contributed by atoms with van der Waals surface area (Å²) in [5.74, 6) is 0. The van der Waals surface area contributed by atoms with Crippen LogP contribution in [0.4, 0.5) is 0 Å². The minimum Gasteiger partial charge on any atom is -0.329 e. The molecule has 8 heavy (non-hydrogen) atoms. The molecule has 0 amide bonds. The molecule has 0 aliphatic heterocycles. The molecular weight excluding hydrogens is 100 g/mol. The molecule has 0 heterocycles. The topological polar surface area (TPSA) is 52.0 Å². The van der Waals surface area contributed by atoms with Gasteiger partial charge in [-0.3, -0.25) is 0 Å². The van der Waals surface area contributed by atoms with Crippen molar-refractivity contribution in [1.82, 2.24) is 0 Å². The molecular formula is C6H16N2. The molecule has 50 valence electrons. The quantitative estimate of drug-likeness (QED) is 0.563. The van der Waals surface area contributed by atoms with Crippen molar-refractivity contribution < 1.29 is 0 Å². The van der Waals surface area contributed by atoms with Gasteiger partial charge >= 0.3 is 0 Å². The Morgan fingerprint density at radius 1 is 1.50 bits per heavy atom. The molecule has 0 bridgehead atoms. The minimum atomic E-state index is -0.130. The standard InChI is InChI=1S/C6H16N2/c1-3-4-6(2,8)5-7/h3-5,7-8H2,1-2H3/t6-/m0/s1. The highest BCUT2D eigenvalue weighted by molar-refractivity contribution is 4.77. The van der Waals surface area contributed by atoms with Gasteiger partial charge in [0.1, 0.15) is 0 Å². The lowest BCUT2D eigenvalue weighted by Gasteiger charge is -2.20. The van der Waals surface area contributed by atoms with Crippen LogP contribution in [0.15, 0.2) is 0 Å². The fraction of sp³-hybridized carbons (Fsp3) is 1.00. The van der Waals surface area contributed by atoms with Crippen LogP contribution in [-0.2, 0) is 0 Å². The third-order valence-electron chi connectivity index (χ3n) is 1.29. The first-order valence-corrected chi connectivity index (χ1v) is 3.11. The molecule has 0 saturated heterocycles. The van der Waals surface area contributed by atoms with E-state index in [-0.39, 0.29) is 5.54 Å². The van der Waals surface area contributed by atoms with Crippen molar-refractivity contribution in [3.05, 3.63) is 0 Å². The minimum absolute atomic E-state index is 0.130. The average molecular weight is 116 g/mol. The van der Waals surface area contributed by atoms with E-state index >= 15 is 0 Å². The summed E-state index contributed by atoms with van der Waals surface area (Å²) in [4.78, 5) is 0. The molecule has 2 nitrogen and oxygen atoms in total. The summed E-state index contributed by atoms with van der Waals surface area (Å²) in [5, 5.41) is 0. The SMILES string of the molecule is CCC[C@](C)(N)CN. The van der Waals surface area contributed by atoms with Crippen molar-refractivity contribution in [2.24, 2.45) is 11.5 Å². The summed E-state index contributed by atoms with van der Waals surface area (Å²) >= 11 is 0. The maximum absolute atomic E-state index is 5.70. The van der Waals surface area contributed by atoms with Gasteiger partial charge in [-0.2, -0.15) is 0 Å². The van der Waals surface area contributed by atoms with Crippen LogP contribution in [0.1, 0.15) is 26.7 Å². The van der Waals surface area contributed by atoms with Crippen LogP contribution in [0.25, 0.3) is 0 Å². The van der Waals surface area contributed by atoms with Gasteiger partial charge in [-0.25, -0.2) is 0 Å². The number of rotatable bonds is 3. The van der Waals surface area contributed by atoms with Crippen molar-refractivity contribution in [2.75, 3.05) is 6.54 Å². The zero-order chi connectivity index (χ0) is 6.62. The van der Waals surface area contributed by atoms with Crippen molar-refractivity contribution >= 4 is 0 Å². The van der Waals surface area contributed by atoms with Crippen molar-refractivity contribution in [3.8, 4) is 0 Å². The average Bonchev–Trinajstić information content (AvgIpc) is 1.67. The molecule has 0 rings (SSSR count). The molecule has 0 aromatic rings. The zero-order valence-electron chi connectivity index (χ0n) is 5.78. The van der Waals surface area contributed by atoms with E-state index in [4.69, 9.17) is 11.5 Å². The van der Waals surface area contributed by atoms with Crippen LogP contribution in [0.3, 0.4) is 0 Å². The molecule has 1 atom stereocenters. The van der Waals surface area contributed by atoms with E-state index < -0.39 is 0 Å². The van der Waals surface area contributed by atoms with Crippen LogP contribution in [0.2, 0.25) is 0 Å². The van der Waals surface area contributed by atoms with Gasteiger partial charge in [0.05, 0.1) is 0 Å². The van der Waals surface area contributed by atoms with E-state index in [1.54, 1.807) is 0 Å². The van der Waals surface area contributed by atoms with Crippen LogP contribution in [-0.4, -0.2) is 12.1 Å². The van der Waals surface area contributed by atoms with Gasteiger partial charge in [0, 0.05) is 12.1 Å². The van der Waals surface area contributed by atoms with E-state index in [0.29, 0.717) is 6.54 Å². The second-order valence-corrected chi connectivity index (χ2v) is 2.61. The highest BCUT2D eigenvalue weighted by atomic mass is 14.8. The molecule has 0 aromatic heterocycles. The second-order valence-electron chi connectivity index (χ2n) is 2.61. The number of hydrogen-bond donors (Lipinski definition) is 2.